The topological polar surface area (TPSA) is 87.9 Å². The number of hydrogen-bond acceptors (Lipinski definition) is 3. The summed E-state index contributed by atoms with van der Waals surface area (Å²) >= 11 is 3.12. The second-order valence-electron chi connectivity index (χ2n) is 27.7. The molecule has 2 aliphatic carbocycles. The van der Waals surface area contributed by atoms with Gasteiger partial charge >= 0.3 is 0 Å². The van der Waals surface area contributed by atoms with Gasteiger partial charge in [0.2, 0.25) is 0 Å². The third-order valence-corrected chi connectivity index (χ3v) is 23.3. The van der Waals surface area contributed by atoms with Gasteiger partial charge in [-0.05, 0) is 161 Å². The molecule has 0 saturated heterocycles. The first-order chi connectivity index (χ1) is 45.3. The zero-order chi connectivity index (χ0) is 63.0. The summed E-state index contributed by atoms with van der Waals surface area (Å²) in [5.74, 6) is 0. The SMILES string of the molecule is CCCCCCCCC1(CCCCCCCC)c2ccccc2-c2ccc(C3=c4ccc([nH]4)=C(C)c4ccc([nH]4)C(c4ccc5c(c4)C(CCCCCCCC)(CCCCCCCC)c4ccccc4-5)=c4ccc([nH]4)=C(c4sc(C)c5c4N=S=N5)c4ccc3[nH]4)cc21. The standard InChI is InChI=1S/C84H100N6S2/c1-7-11-15-19-23-31-51-83(52-32-24-20-16-12-8-2)65-37-29-27-35-61(65)63-41-39-59(55-67(63)83)77-71-45-43-69(85-71)57(5)70-44-46-72(86-70)78(74-48-50-76(88-74)79(75-49-47-73(77)87-75)82-81-80(58(6)91-82)89-92-90-81)60-40-42-64-62-36-28-30-38-66(62)84(68(64)56-60,53-33-25-21-17-13-9-3)54-34-26-22-18-14-10-4/h27-30,35-50,55-56,85-88H,7-26,31-34,51-54H2,1-6H3. The van der Waals surface area contributed by atoms with E-state index in [0.29, 0.717) is 0 Å². The lowest BCUT2D eigenvalue weighted by Crippen LogP contribution is -2.26. The van der Waals surface area contributed by atoms with Crippen LogP contribution in [0.4, 0.5) is 11.4 Å². The normalized spacial score (nSPS) is 14.7. The Morgan fingerprint density at radius 2 is 0.707 bits per heavy atom. The molecule has 5 aromatic heterocycles. The van der Waals surface area contributed by atoms with E-state index in [-0.39, 0.29) is 10.8 Å². The molecule has 7 heterocycles. The van der Waals surface area contributed by atoms with Crippen LogP contribution >= 0.6 is 11.3 Å². The third kappa shape index (κ3) is 12.5. The van der Waals surface area contributed by atoms with E-state index in [1.165, 1.54) is 268 Å². The molecule has 9 aromatic rings. The lowest BCUT2D eigenvalue weighted by molar-refractivity contribution is 0.398. The molecule has 13 rings (SSSR count). The van der Waals surface area contributed by atoms with Gasteiger partial charge in [-0.25, -0.2) is 0 Å². The highest BCUT2D eigenvalue weighted by atomic mass is 32.1. The lowest BCUT2D eigenvalue weighted by atomic mass is 9.70. The number of thiophene rings is 1. The molecule has 2 aliphatic heterocycles. The Bertz CT molecular complexity index is 4370. The molecule has 8 bridgehead atoms. The molecular formula is C84H100N6S2. The van der Waals surface area contributed by atoms with Gasteiger partial charge in [0.25, 0.3) is 0 Å². The number of aryl methyl sites for hydroxylation is 1. The minimum atomic E-state index is -0.0467. The van der Waals surface area contributed by atoms with E-state index in [2.05, 4.69) is 195 Å². The summed E-state index contributed by atoms with van der Waals surface area (Å²) in [6.07, 6.45) is 35.9. The summed E-state index contributed by atoms with van der Waals surface area (Å²) in [6, 6.07) is 52.6. The molecular weight excluding hydrogens is 1160 g/mol. The van der Waals surface area contributed by atoms with Crippen LogP contribution in [-0.4, -0.2) is 19.9 Å². The largest absolute Gasteiger partial charge is 0.355 e. The van der Waals surface area contributed by atoms with E-state index in [1.54, 1.807) is 11.3 Å². The number of hydrogen-bond donors (Lipinski definition) is 4. The summed E-state index contributed by atoms with van der Waals surface area (Å²) < 4.78 is 9.93. The summed E-state index contributed by atoms with van der Waals surface area (Å²) in [7, 11) is 0. The zero-order valence-corrected chi connectivity index (χ0v) is 57.8. The van der Waals surface area contributed by atoms with Crippen molar-refractivity contribution >= 4 is 56.4 Å². The predicted molar refractivity (Wildman–Crippen MR) is 393 cm³/mol. The third-order valence-electron chi connectivity index (χ3n) is 21.6. The average molecular weight is 1260 g/mol. The minimum Gasteiger partial charge on any atom is -0.355 e. The monoisotopic (exact) mass is 1260 g/mol. The Hall–Kier alpha value is -7.00. The minimum absolute atomic E-state index is 0.0467. The van der Waals surface area contributed by atoms with Crippen LogP contribution in [0.3, 0.4) is 0 Å². The van der Waals surface area contributed by atoms with Gasteiger partial charge in [0.1, 0.15) is 11.4 Å². The average Bonchev–Trinajstić information content (AvgIpc) is 1.57. The van der Waals surface area contributed by atoms with Gasteiger partial charge in [0, 0.05) is 76.6 Å². The fourth-order valence-corrected chi connectivity index (χ4v) is 18.5. The molecule has 0 amide bonds. The smallest absolute Gasteiger partial charge is 0.123 e. The second kappa shape index (κ2) is 29.1. The van der Waals surface area contributed by atoms with Gasteiger partial charge in [0.15, 0.2) is 0 Å². The summed E-state index contributed by atoms with van der Waals surface area (Å²) in [5.41, 5.74) is 25.1. The zero-order valence-electron chi connectivity index (χ0n) is 56.2. The summed E-state index contributed by atoms with van der Waals surface area (Å²) in [6.45, 7) is 13.8. The van der Waals surface area contributed by atoms with Crippen molar-refractivity contribution in [3.05, 3.63) is 221 Å². The van der Waals surface area contributed by atoms with Gasteiger partial charge in [-0.3, -0.25) is 0 Å². The van der Waals surface area contributed by atoms with Crippen molar-refractivity contribution in [1.82, 2.24) is 19.9 Å². The Balaban J connectivity index is 0.979. The van der Waals surface area contributed by atoms with Crippen LogP contribution in [-0.2, 0) is 22.2 Å². The van der Waals surface area contributed by atoms with E-state index in [4.69, 9.17) is 8.73 Å². The Labute approximate surface area is 556 Å². The molecule has 0 unspecified atom stereocenters. The molecule has 0 fully saturated rings. The first kappa shape index (κ1) is 63.7. The maximum Gasteiger partial charge on any atom is 0.123 e. The van der Waals surface area contributed by atoms with Crippen LogP contribution < -0.4 is 21.4 Å². The number of nitrogens with one attached hydrogen (secondary N) is 4. The first-order valence-corrected chi connectivity index (χ1v) is 37.8. The van der Waals surface area contributed by atoms with E-state index in [9.17, 15) is 0 Å². The van der Waals surface area contributed by atoms with Crippen molar-refractivity contribution in [2.75, 3.05) is 0 Å². The summed E-state index contributed by atoms with van der Waals surface area (Å²) in [4.78, 5) is 18.8. The highest BCUT2D eigenvalue weighted by molar-refractivity contribution is 7.58. The number of rotatable bonds is 31. The van der Waals surface area contributed by atoms with Crippen LogP contribution in [0, 0.1) is 6.92 Å². The fraction of sp³-hybridized carbons (Fsp3) is 0.429. The number of benzene rings is 4. The van der Waals surface area contributed by atoms with Gasteiger partial charge in [-0.2, -0.15) is 8.73 Å². The number of aromatic amines is 4. The number of aromatic nitrogens is 4. The molecule has 4 aromatic carbocycles. The molecule has 0 saturated carbocycles. The molecule has 0 spiro atoms. The van der Waals surface area contributed by atoms with Crippen molar-refractivity contribution in [3.63, 3.8) is 0 Å². The Morgan fingerprint density at radius 3 is 1.18 bits per heavy atom. The molecule has 0 radical (unpaired) electrons. The maximum absolute atomic E-state index is 5.05. The van der Waals surface area contributed by atoms with Crippen LogP contribution in [0.5, 0.6) is 0 Å². The predicted octanol–water partition coefficient (Wildman–Crippen LogP) is 21.9. The van der Waals surface area contributed by atoms with Crippen molar-refractivity contribution in [2.24, 2.45) is 8.73 Å². The first-order valence-electron chi connectivity index (χ1n) is 36.2. The molecule has 6 nitrogen and oxygen atoms in total. The number of unbranched alkanes of at least 4 members (excludes halogenated alkanes) is 20. The number of H-pyrrole nitrogens is 4. The van der Waals surface area contributed by atoms with E-state index >= 15 is 0 Å². The van der Waals surface area contributed by atoms with Crippen LogP contribution in [0.2, 0.25) is 0 Å². The van der Waals surface area contributed by atoms with Gasteiger partial charge in [-0.1, -0.05) is 255 Å². The van der Waals surface area contributed by atoms with Crippen molar-refractivity contribution in [2.45, 2.75) is 232 Å². The Morgan fingerprint density at radius 1 is 0.337 bits per heavy atom. The fourth-order valence-electron chi connectivity index (χ4n) is 16.7. The van der Waals surface area contributed by atoms with Gasteiger partial charge < -0.3 is 19.9 Å². The molecule has 92 heavy (non-hydrogen) atoms. The van der Waals surface area contributed by atoms with Crippen LogP contribution in [0.15, 0.2) is 142 Å². The summed E-state index contributed by atoms with van der Waals surface area (Å²) in [5, 5.41) is 4.32. The van der Waals surface area contributed by atoms with E-state index < -0.39 is 0 Å². The maximum atomic E-state index is 5.05. The van der Waals surface area contributed by atoms with Gasteiger partial charge in [-0.15, -0.1) is 11.3 Å². The molecule has 4 N–H and O–H groups in total. The molecule has 478 valence electrons. The van der Waals surface area contributed by atoms with Crippen LogP contribution in [0.25, 0.3) is 44.5 Å². The highest BCUT2D eigenvalue weighted by Crippen LogP contribution is 2.57. The Kier molecular flexibility index (Phi) is 20.2. The van der Waals surface area contributed by atoms with Gasteiger partial charge in [0.05, 0.1) is 16.2 Å². The van der Waals surface area contributed by atoms with Crippen molar-refractivity contribution in [3.8, 4) is 22.3 Å². The molecule has 0 atom stereocenters. The molecule has 4 aliphatic rings. The van der Waals surface area contributed by atoms with Crippen LogP contribution in [0.1, 0.15) is 280 Å². The van der Waals surface area contributed by atoms with Crippen molar-refractivity contribution in [1.29, 1.82) is 0 Å². The molecule has 8 heteroatoms. The highest BCUT2D eigenvalue weighted by Gasteiger charge is 2.44. The quantitative estimate of drug-likeness (QED) is 0.0312. The number of fused-ring (bicyclic) bond motifs is 15. The number of nitrogens with zero attached hydrogens (tertiary/aromatic N) is 2. The second-order valence-corrected chi connectivity index (χ2v) is 29.4. The lowest BCUT2D eigenvalue weighted by Gasteiger charge is -2.33. The van der Waals surface area contributed by atoms with E-state index in [1.807, 2.05) is 0 Å². The van der Waals surface area contributed by atoms with Crippen molar-refractivity contribution < 1.29 is 0 Å². The van der Waals surface area contributed by atoms with E-state index in [0.717, 1.165) is 66.0 Å².